The van der Waals surface area contributed by atoms with Crippen molar-refractivity contribution in [2.75, 3.05) is 32.3 Å². The average molecular weight is 407 g/mol. The van der Waals surface area contributed by atoms with E-state index in [1.165, 1.54) is 23.7 Å². The molecule has 28 heavy (non-hydrogen) atoms. The maximum Gasteiger partial charge on any atom is 0.363 e. The van der Waals surface area contributed by atoms with Crippen LogP contribution in [0.1, 0.15) is 16.9 Å². The van der Waals surface area contributed by atoms with Crippen molar-refractivity contribution in [3.63, 3.8) is 0 Å². The molecule has 0 saturated carbocycles. The number of para-hydroxylation sites is 1. The molecule has 0 radical (unpaired) electrons. The fraction of sp³-hybridized carbons (Fsp3) is 0.389. The van der Waals surface area contributed by atoms with E-state index in [1.807, 2.05) is 30.3 Å². The zero-order chi connectivity index (χ0) is 20.3. The first-order valence-electron chi connectivity index (χ1n) is 8.63. The van der Waals surface area contributed by atoms with Crippen molar-refractivity contribution >= 4 is 21.7 Å². The Kier molecular flexibility index (Phi) is 5.68. The summed E-state index contributed by atoms with van der Waals surface area (Å²) in [6.45, 7) is -0.507. The van der Waals surface area contributed by atoms with Crippen LogP contribution in [0.2, 0.25) is 0 Å². The van der Waals surface area contributed by atoms with Gasteiger partial charge < -0.3 is 14.4 Å². The topological polar surface area (TPSA) is 108 Å². The first-order valence-corrected chi connectivity index (χ1v) is 10.4. The van der Waals surface area contributed by atoms with Crippen LogP contribution in [-0.4, -0.2) is 73.3 Å². The molecule has 1 amide bonds. The van der Waals surface area contributed by atoms with Crippen molar-refractivity contribution in [3.05, 3.63) is 42.2 Å². The lowest BCUT2D eigenvalue weighted by Crippen LogP contribution is -2.40. The average Bonchev–Trinajstić information content (AvgIpc) is 3.29. The largest absolute Gasteiger partial charge is 0.493 e. The number of hydrogen-bond donors (Lipinski definition) is 0. The van der Waals surface area contributed by atoms with E-state index in [4.69, 9.17) is 9.47 Å². The minimum atomic E-state index is -3.11. The number of likely N-dealkylation sites (N-methyl/N-ethyl adjacent to an activating group) is 1. The van der Waals surface area contributed by atoms with E-state index in [1.54, 1.807) is 6.20 Å². The Morgan fingerprint density at radius 3 is 2.61 bits per heavy atom. The molecular weight excluding hydrogens is 386 g/mol. The van der Waals surface area contributed by atoms with Gasteiger partial charge in [-0.05, 0) is 18.6 Å². The van der Waals surface area contributed by atoms with Gasteiger partial charge in [-0.15, -0.1) is 0 Å². The Morgan fingerprint density at radius 1 is 1.29 bits per heavy atom. The molecule has 0 N–H and O–H groups in total. The summed E-state index contributed by atoms with van der Waals surface area (Å²) in [5.41, 5.74) is 0.684. The van der Waals surface area contributed by atoms with Crippen LogP contribution in [0.25, 0.3) is 5.69 Å². The molecule has 150 valence electrons. The van der Waals surface area contributed by atoms with E-state index in [-0.39, 0.29) is 22.9 Å². The van der Waals surface area contributed by atoms with Gasteiger partial charge in [-0.25, -0.2) is 17.9 Å². The van der Waals surface area contributed by atoms with Gasteiger partial charge in [-0.2, -0.15) is 5.10 Å². The number of rotatable bonds is 6. The molecule has 0 bridgehead atoms. The van der Waals surface area contributed by atoms with Crippen LogP contribution in [0, 0.1) is 0 Å². The number of benzene rings is 1. The molecule has 0 spiro atoms. The van der Waals surface area contributed by atoms with E-state index in [0.717, 1.165) is 5.69 Å². The van der Waals surface area contributed by atoms with Gasteiger partial charge in [-0.3, -0.25) is 4.79 Å². The van der Waals surface area contributed by atoms with Crippen LogP contribution >= 0.6 is 0 Å². The SMILES string of the molecule is COc1cn(-c2ccccc2)nc1C(=O)OCC(=O)N(C)[C@H]1CCS(=O)(=O)C1. The highest BCUT2D eigenvalue weighted by Crippen LogP contribution is 2.21. The Hall–Kier alpha value is -2.88. The number of amides is 1. The molecule has 0 aliphatic carbocycles. The maximum absolute atomic E-state index is 12.4. The Morgan fingerprint density at radius 2 is 2.00 bits per heavy atom. The quantitative estimate of drug-likeness (QED) is 0.648. The molecule has 1 saturated heterocycles. The third-order valence-electron chi connectivity index (χ3n) is 4.59. The highest BCUT2D eigenvalue weighted by Gasteiger charge is 2.33. The minimum Gasteiger partial charge on any atom is -0.493 e. The molecule has 0 unspecified atom stereocenters. The highest BCUT2D eigenvalue weighted by molar-refractivity contribution is 7.91. The van der Waals surface area contributed by atoms with Gasteiger partial charge in [-0.1, -0.05) is 18.2 Å². The van der Waals surface area contributed by atoms with E-state index in [9.17, 15) is 18.0 Å². The Bertz CT molecular complexity index is 970. The van der Waals surface area contributed by atoms with Crippen LogP contribution in [0.5, 0.6) is 5.75 Å². The van der Waals surface area contributed by atoms with E-state index >= 15 is 0 Å². The molecule has 2 aromatic rings. The summed E-state index contributed by atoms with van der Waals surface area (Å²) < 4.78 is 34.9. The number of hydrogen-bond acceptors (Lipinski definition) is 7. The predicted molar refractivity (Wildman–Crippen MR) is 100 cm³/mol. The molecule has 1 atom stereocenters. The first kappa shape index (κ1) is 19.9. The number of nitrogens with zero attached hydrogens (tertiary/aromatic N) is 3. The third kappa shape index (κ3) is 4.33. The van der Waals surface area contributed by atoms with E-state index < -0.39 is 34.4 Å². The van der Waals surface area contributed by atoms with Gasteiger partial charge in [0.05, 0.1) is 30.5 Å². The lowest BCUT2D eigenvalue weighted by molar-refractivity contribution is -0.134. The van der Waals surface area contributed by atoms with E-state index in [0.29, 0.717) is 6.42 Å². The third-order valence-corrected chi connectivity index (χ3v) is 6.34. The number of methoxy groups -OCH3 is 1. The molecule has 9 nitrogen and oxygen atoms in total. The molecule has 1 fully saturated rings. The molecule has 1 aliphatic rings. The lowest BCUT2D eigenvalue weighted by atomic mass is 10.2. The van der Waals surface area contributed by atoms with Gasteiger partial charge in [0.2, 0.25) is 5.69 Å². The fourth-order valence-corrected chi connectivity index (χ4v) is 4.72. The van der Waals surface area contributed by atoms with Crippen LogP contribution in [-0.2, 0) is 19.4 Å². The summed E-state index contributed by atoms with van der Waals surface area (Å²) in [6, 6.07) is 8.75. The zero-order valence-electron chi connectivity index (χ0n) is 15.6. The second-order valence-electron chi connectivity index (χ2n) is 6.46. The molecular formula is C18H21N3O6S. The smallest absolute Gasteiger partial charge is 0.363 e. The summed E-state index contributed by atoms with van der Waals surface area (Å²) in [6.07, 6.45) is 1.93. The van der Waals surface area contributed by atoms with Crippen LogP contribution in [0.15, 0.2) is 36.5 Å². The van der Waals surface area contributed by atoms with Crippen molar-refractivity contribution in [3.8, 4) is 11.4 Å². The van der Waals surface area contributed by atoms with Gasteiger partial charge >= 0.3 is 5.97 Å². The molecule has 10 heteroatoms. The number of carbonyl (C=O) groups is 2. The number of esters is 1. The standard InChI is InChI=1S/C18H21N3O6S/c1-20(14-8-9-28(24,25)12-14)16(22)11-27-18(23)17-15(26-2)10-21(19-17)13-6-4-3-5-7-13/h3-7,10,14H,8-9,11-12H2,1-2H3/t14-/m0/s1. The van der Waals surface area contributed by atoms with Gasteiger partial charge in [0, 0.05) is 13.1 Å². The Labute approximate surface area is 162 Å². The minimum absolute atomic E-state index is 0.0507. The van der Waals surface area contributed by atoms with E-state index in [2.05, 4.69) is 5.10 Å². The van der Waals surface area contributed by atoms with Crippen LogP contribution in [0.3, 0.4) is 0 Å². The van der Waals surface area contributed by atoms with Crippen molar-refractivity contribution in [2.45, 2.75) is 12.5 Å². The van der Waals surface area contributed by atoms with Crippen molar-refractivity contribution in [1.82, 2.24) is 14.7 Å². The summed E-state index contributed by atoms with van der Waals surface area (Å²) in [4.78, 5) is 25.9. The van der Waals surface area contributed by atoms with Crippen LogP contribution in [0.4, 0.5) is 0 Å². The van der Waals surface area contributed by atoms with Crippen molar-refractivity contribution < 1.29 is 27.5 Å². The number of sulfone groups is 1. The van der Waals surface area contributed by atoms with Gasteiger partial charge in [0.1, 0.15) is 0 Å². The highest BCUT2D eigenvalue weighted by atomic mass is 32.2. The number of aromatic nitrogens is 2. The number of carbonyl (C=O) groups excluding carboxylic acids is 2. The monoisotopic (exact) mass is 407 g/mol. The van der Waals surface area contributed by atoms with Gasteiger partial charge in [0.25, 0.3) is 5.91 Å². The van der Waals surface area contributed by atoms with Gasteiger partial charge in [0.15, 0.2) is 22.2 Å². The fourth-order valence-electron chi connectivity index (χ4n) is 2.94. The predicted octanol–water partition coefficient (Wildman–Crippen LogP) is 0.683. The van der Waals surface area contributed by atoms with Crippen LogP contribution < -0.4 is 4.74 Å². The molecule has 1 aromatic carbocycles. The summed E-state index contributed by atoms with van der Waals surface area (Å²) in [7, 11) is -0.200. The second-order valence-corrected chi connectivity index (χ2v) is 8.69. The molecule has 1 aliphatic heterocycles. The maximum atomic E-state index is 12.4. The van der Waals surface area contributed by atoms with Crippen molar-refractivity contribution in [2.24, 2.45) is 0 Å². The summed E-state index contributed by atoms with van der Waals surface area (Å²) in [5, 5.41) is 4.18. The molecule has 1 aromatic heterocycles. The summed E-state index contributed by atoms with van der Waals surface area (Å²) in [5.74, 6) is -1.07. The summed E-state index contributed by atoms with van der Waals surface area (Å²) >= 11 is 0. The molecule has 2 heterocycles. The zero-order valence-corrected chi connectivity index (χ0v) is 16.4. The second kappa shape index (κ2) is 8.01. The normalized spacial score (nSPS) is 17.9. The van der Waals surface area contributed by atoms with Crippen molar-refractivity contribution in [1.29, 1.82) is 0 Å². The lowest BCUT2D eigenvalue weighted by Gasteiger charge is -2.23. The Balaban J connectivity index is 1.65. The number of ether oxygens (including phenoxy) is 2. The first-order chi connectivity index (χ1) is 13.3. The molecule has 3 rings (SSSR count).